The van der Waals surface area contributed by atoms with E-state index in [2.05, 4.69) is 21.0 Å². The van der Waals surface area contributed by atoms with E-state index in [1.165, 1.54) is 0 Å². The first-order valence-electron chi connectivity index (χ1n) is 5.96. The number of nitrogens with one attached hydrogen (secondary N) is 3. The van der Waals surface area contributed by atoms with E-state index < -0.39 is 0 Å². The third kappa shape index (κ3) is 3.54. The van der Waals surface area contributed by atoms with Crippen molar-refractivity contribution in [1.29, 1.82) is 0 Å². The first-order chi connectivity index (χ1) is 8.25. The average Bonchev–Trinajstić information content (AvgIpc) is 2.76. The fourth-order valence-electron chi connectivity index (χ4n) is 1.87. The molecular formula is C11H19N5O. The van der Waals surface area contributed by atoms with Gasteiger partial charge >= 0.3 is 0 Å². The van der Waals surface area contributed by atoms with Crippen LogP contribution in [-0.4, -0.2) is 47.9 Å². The molecule has 6 nitrogen and oxygen atoms in total. The maximum Gasteiger partial charge on any atom is 0.238 e. The lowest BCUT2D eigenvalue weighted by Crippen LogP contribution is -2.55. The minimum Gasteiger partial charge on any atom is -0.354 e. The number of aryl methyl sites for hydroxylation is 1. The molecule has 0 aromatic carbocycles. The van der Waals surface area contributed by atoms with Gasteiger partial charge in [0, 0.05) is 45.8 Å². The molecule has 3 N–H and O–H groups in total. The van der Waals surface area contributed by atoms with Gasteiger partial charge in [-0.1, -0.05) is 0 Å². The number of hydrogen-bond acceptors (Lipinski definition) is 4. The molecule has 1 saturated heterocycles. The summed E-state index contributed by atoms with van der Waals surface area (Å²) in [6.45, 7) is 3.11. The summed E-state index contributed by atoms with van der Waals surface area (Å²) in [4.78, 5) is 11.8. The Morgan fingerprint density at radius 1 is 1.65 bits per heavy atom. The molecule has 6 heteroatoms. The minimum absolute atomic E-state index is 0.0631. The van der Waals surface area contributed by atoms with Crippen LogP contribution in [0.3, 0.4) is 0 Å². The summed E-state index contributed by atoms with van der Waals surface area (Å²) in [6, 6.07) is 1.86. The van der Waals surface area contributed by atoms with Crippen LogP contribution in [0.5, 0.6) is 0 Å². The Bertz CT molecular complexity index is 370. The summed E-state index contributed by atoms with van der Waals surface area (Å²) in [7, 11) is 1.89. The Labute approximate surface area is 101 Å². The van der Waals surface area contributed by atoms with Crippen LogP contribution >= 0.6 is 0 Å². The predicted octanol–water partition coefficient (Wildman–Crippen LogP) is -1.36. The zero-order valence-corrected chi connectivity index (χ0v) is 10.1. The smallest absolute Gasteiger partial charge is 0.238 e. The molecule has 1 aliphatic heterocycles. The lowest BCUT2D eigenvalue weighted by Gasteiger charge is -2.23. The molecule has 1 aromatic heterocycles. The van der Waals surface area contributed by atoms with Gasteiger partial charge in [0.1, 0.15) is 0 Å². The fraction of sp³-hybridized carbons (Fsp3) is 0.636. The lowest BCUT2D eigenvalue weighted by atomic mass is 10.2. The van der Waals surface area contributed by atoms with E-state index in [-0.39, 0.29) is 11.9 Å². The molecule has 1 aliphatic rings. The van der Waals surface area contributed by atoms with Crippen molar-refractivity contribution in [3.05, 3.63) is 18.0 Å². The Kier molecular flexibility index (Phi) is 4.11. The molecule has 1 amide bonds. The maximum atomic E-state index is 11.8. The molecular weight excluding hydrogens is 218 g/mol. The minimum atomic E-state index is -0.104. The molecule has 1 atom stereocenters. The Morgan fingerprint density at radius 2 is 2.53 bits per heavy atom. The van der Waals surface area contributed by atoms with E-state index in [0.717, 1.165) is 25.2 Å². The number of amides is 1. The number of nitrogens with zero attached hydrogens (tertiary/aromatic N) is 2. The van der Waals surface area contributed by atoms with E-state index in [0.29, 0.717) is 13.1 Å². The first kappa shape index (κ1) is 12.1. The lowest BCUT2D eigenvalue weighted by molar-refractivity contribution is -0.123. The van der Waals surface area contributed by atoms with Crippen LogP contribution in [0.1, 0.15) is 5.69 Å². The van der Waals surface area contributed by atoms with Crippen molar-refractivity contribution in [3.8, 4) is 0 Å². The summed E-state index contributed by atoms with van der Waals surface area (Å²) in [5.74, 6) is 0.0631. The van der Waals surface area contributed by atoms with Crippen molar-refractivity contribution in [2.75, 3.05) is 26.2 Å². The predicted molar refractivity (Wildman–Crippen MR) is 64.6 cm³/mol. The highest BCUT2D eigenvalue weighted by molar-refractivity contribution is 5.82. The van der Waals surface area contributed by atoms with E-state index in [1.54, 1.807) is 4.68 Å². The van der Waals surface area contributed by atoms with Crippen LogP contribution in [0.15, 0.2) is 12.3 Å². The van der Waals surface area contributed by atoms with Crippen molar-refractivity contribution in [2.45, 2.75) is 12.5 Å². The highest BCUT2D eigenvalue weighted by Crippen LogP contribution is 1.94. The van der Waals surface area contributed by atoms with Crippen molar-refractivity contribution in [2.24, 2.45) is 7.05 Å². The van der Waals surface area contributed by atoms with Crippen LogP contribution in [0.2, 0.25) is 0 Å². The normalized spacial score (nSPS) is 20.2. The average molecular weight is 237 g/mol. The molecule has 2 heterocycles. The van der Waals surface area contributed by atoms with Gasteiger partial charge in [0.05, 0.1) is 11.7 Å². The highest BCUT2D eigenvalue weighted by Gasteiger charge is 2.19. The number of hydrogen-bond donors (Lipinski definition) is 3. The van der Waals surface area contributed by atoms with Crippen LogP contribution < -0.4 is 16.0 Å². The summed E-state index contributed by atoms with van der Waals surface area (Å²) in [5, 5.41) is 13.5. The molecule has 0 bridgehead atoms. The van der Waals surface area contributed by atoms with E-state index in [9.17, 15) is 4.79 Å². The van der Waals surface area contributed by atoms with Gasteiger partial charge in [0.2, 0.25) is 5.91 Å². The number of piperazine rings is 1. The van der Waals surface area contributed by atoms with E-state index in [1.807, 2.05) is 19.3 Å². The van der Waals surface area contributed by atoms with Crippen LogP contribution in [-0.2, 0) is 18.3 Å². The summed E-state index contributed by atoms with van der Waals surface area (Å²) < 4.78 is 1.77. The van der Waals surface area contributed by atoms with Gasteiger partial charge in [0.15, 0.2) is 0 Å². The second-order valence-corrected chi connectivity index (χ2v) is 4.23. The van der Waals surface area contributed by atoms with Gasteiger partial charge in [-0.3, -0.25) is 9.48 Å². The van der Waals surface area contributed by atoms with Crippen molar-refractivity contribution >= 4 is 5.91 Å². The second kappa shape index (κ2) is 5.79. The van der Waals surface area contributed by atoms with Gasteiger partial charge in [-0.2, -0.15) is 5.10 Å². The molecule has 0 spiro atoms. The molecule has 1 aromatic rings. The SMILES string of the molecule is Cn1ccc(CCNC(=O)C2CNCCN2)n1. The largest absolute Gasteiger partial charge is 0.354 e. The van der Waals surface area contributed by atoms with E-state index >= 15 is 0 Å². The van der Waals surface area contributed by atoms with Crippen LogP contribution in [0.4, 0.5) is 0 Å². The number of carbonyl (C=O) groups is 1. The van der Waals surface area contributed by atoms with Crippen molar-refractivity contribution < 1.29 is 4.79 Å². The van der Waals surface area contributed by atoms with Gasteiger partial charge in [0.25, 0.3) is 0 Å². The highest BCUT2D eigenvalue weighted by atomic mass is 16.2. The van der Waals surface area contributed by atoms with E-state index in [4.69, 9.17) is 0 Å². The van der Waals surface area contributed by atoms with Crippen molar-refractivity contribution in [1.82, 2.24) is 25.7 Å². The first-order valence-corrected chi connectivity index (χ1v) is 5.96. The molecule has 17 heavy (non-hydrogen) atoms. The molecule has 0 radical (unpaired) electrons. The maximum absolute atomic E-state index is 11.8. The van der Waals surface area contributed by atoms with Crippen molar-refractivity contribution in [3.63, 3.8) is 0 Å². The Balaban J connectivity index is 1.69. The van der Waals surface area contributed by atoms with Gasteiger partial charge in [-0.25, -0.2) is 0 Å². The Morgan fingerprint density at radius 3 is 3.18 bits per heavy atom. The van der Waals surface area contributed by atoms with Crippen LogP contribution in [0, 0.1) is 0 Å². The Hall–Kier alpha value is -1.40. The van der Waals surface area contributed by atoms with Gasteiger partial charge in [-0.05, 0) is 6.07 Å². The third-order valence-corrected chi connectivity index (χ3v) is 2.81. The number of aromatic nitrogens is 2. The summed E-state index contributed by atoms with van der Waals surface area (Å²) in [5.41, 5.74) is 1.00. The monoisotopic (exact) mass is 237 g/mol. The molecule has 1 unspecified atom stereocenters. The molecule has 2 rings (SSSR count). The molecule has 94 valence electrons. The molecule has 1 fully saturated rings. The zero-order chi connectivity index (χ0) is 12.1. The quantitative estimate of drug-likeness (QED) is 0.605. The molecule has 0 saturated carbocycles. The van der Waals surface area contributed by atoms with Crippen LogP contribution in [0.25, 0.3) is 0 Å². The summed E-state index contributed by atoms with van der Waals surface area (Å²) in [6.07, 6.45) is 2.68. The second-order valence-electron chi connectivity index (χ2n) is 4.23. The zero-order valence-electron chi connectivity index (χ0n) is 10.1. The van der Waals surface area contributed by atoms with Gasteiger partial charge < -0.3 is 16.0 Å². The number of rotatable bonds is 4. The third-order valence-electron chi connectivity index (χ3n) is 2.81. The number of carbonyl (C=O) groups excluding carboxylic acids is 1. The molecule has 0 aliphatic carbocycles. The summed E-state index contributed by atoms with van der Waals surface area (Å²) >= 11 is 0. The fourth-order valence-corrected chi connectivity index (χ4v) is 1.87. The van der Waals surface area contributed by atoms with Gasteiger partial charge in [-0.15, -0.1) is 0 Å². The standard InChI is InChI=1S/C11H19N5O/c1-16-7-3-9(15-16)2-4-14-11(17)10-8-12-5-6-13-10/h3,7,10,12-13H,2,4-6,8H2,1H3,(H,14,17). The topological polar surface area (TPSA) is 71.0 Å².